The van der Waals surface area contributed by atoms with Gasteiger partial charge in [-0.15, -0.1) is 0 Å². The predicted molar refractivity (Wildman–Crippen MR) is 110 cm³/mol. The molecule has 2 aromatic carbocycles. The molecule has 1 aromatic heterocycles. The van der Waals surface area contributed by atoms with Crippen molar-refractivity contribution in [2.24, 2.45) is 0 Å². The van der Waals surface area contributed by atoms with Gasteiger partial charge in [-0.25, -0.2) is 9.18 Å². The Morgan fingerprint density at radius 2 is 1.70 bits per heavy atom. The Morgan fingerprint density at radius 1 is 1.03 bits per heavy atom. The second-order valence-corrected chi connectivity index (χ2v) is 6.80. The van der Waals surface area contributed by atoms with Crippen LogP contribution in [-0.4, -0.2) is 30.2 Å². The molecule has 1 heterocycles. The smallest absolute Gasteiger partial charge is 0.340 e. The number of carbonyl (C=O) groups excluding carboxylic acids is 2. The van der Waals surface area contributed by atoms with E-state index in [4.69, 9.17) is 9.47 Å². The van der Waals surface area contributed by atoms with Crippen LogP contribution in [0.2, 0.25) is 0 Å². The molecule has 30 heavy (non-hydrogen) atoms. The maximum atomic E-state index is 13.2. The summed E-state index contributed by atoms with van der Waals surface area (Å²) in [6.07, 6.45) is 0. The zero-order chi connectivity index (χ0) is 21.7. The van der Waals surface area contributed by atoms with E-state index in [1.54, 1.807) is 44.4 Å². The molecule has 0 radical (unpaired) electrons. The van der Waals surface area contributed by atoms with E-state index >= 15 is 0 Å². The summed E-state index contributed by atoms with van der Waals surface area (Å²) in [6, 6.07) is 15.0. The topological polar surface area (TPSA) is 69.6 Å². The molecule has 3 aromatic rings. The molecule has 6 nitrogen and oxygen atoms in total. The third-order valence-electron chi connectivity index (χ3n) is 4.72. The lowest BCUT2D eigenvalue weighted by atomic mass is 10.2. The van der Waals surface area contributed by atoms with Gasteiger partial charge in [-0.05, 0) is 61.9 Å². The lowest BCUT2D eigenvalue weighted by molar-refractivity contribution is -0.124. The first-order chi connectivity index (χ1) is 14.4. The molecule has 0 unspecified atom stereocenters. The third kappa shape index (κ3) is 4.86. The summed E-state index contributed by atoms with van der Waals surface area (Å²) in [5.41, 5.74) is 3.46. The van der Waals surface area contributed by atoms with E-state index in [2.05, 4.69) is 5.32 Å². The van der Waals surface area contributed by atoms with E-state index in [0.29, 0.717) is 17.8 Å². The summed E-state index contributed by atoms with van der Waals surface area (Å²) in [7, 11) is 1.59. The van der Waals surface area contributed by atoms with Crippen molar-refractivity contribution in [3.05, 3.63) is 82.9 Å². The number of rotatable bonds is 7. The standard InChI is InChI=1S/C23H23FN2O4/c1-15-12-21(16(2)26(15)19-8-6-18(24)7-9-19)23(28)30-14-22(27)25-13-17-4-10-20(29-3)11-5-17/h4-12H,13-14H2,1-3H3,(H,25,27). The Labute approximate surface area is 174 Å². The third-order valence-corrected chi connectivity index (χ3v) is 4.72. The Kier molecular flexibility index (Phi) is 6.51. The van der Waals surface area contributed by atoms with Crippen LogP contribution in [0.4, 0.5) is 4.39 Å². The van der Waals surface area contributed by atoms with Crippen molar-refractivity contribution >= 4 is 11.9 Å². The highest BCUT2D eigenvalue weighted by Gasteiger charge is 2.19. The van der Waals surface area contributed by atoms with Crippen molar-refractivity contribution in [1.82, 2.24) is 9.88 Å². The molecule has 7 heteroatoms. The number of esters is 1. The molecule has 0 atom stereocenters. The molecular weight excluding hydrogens is 387 g/mol. The second kappa shape index (κ2) is 9.26. The van der Waals surface area contributed by atoms with Gasteiger partial charge < -0.3 is 19.4 Å². The number of benzene rings is 2. The van der Waals surface area contributed by atoms with Gasteiger partial charge in [0.1, 0.15) is 11.6 Å². The Bertz CT molecular complexity index is 1040. The molecule has 1 N–H and O–H groups in total. The second-order valence-electron chi connectivity index (χ2n) is 6.80. The van der Waals surface area contributed by atoms with Gasteiger partial charge >= 0.3 is 5.97 Å². The van der Waals surface area contributed by atoms with Crippen LogP contribution in [0.25, 0.3) is 5.69 Å². The van der Waals surface area contributed by atoms with Crippen LogP contribution in [0.1, 0.15) is 27.3 Å². The molecule has 0 bridgehead atoms. The fourth-order valence-corrected chi connectivity index (χ4v) is 3.16. The highest BCUT2D eigenvalue weighted by Crippen LogP contribution is 2.21. The fraction of sp³-hybridized carbons (Fsp3) is 0.217. The van der Waals surface area contributed by atoms with Gasteiger partial charge in [0.25, 0.3) is 5.91 Å². The number of ether oxygens (including phenoxy) is 2. The van der Waals surface area contributed by atoms with E-state index in [1.807, 2.05) is 23.6 Å². The van der Waals surface area contributed by atoms with E-state index < -0.39 is 11.9 Å². The lowest BCUT2D eigenvalue weighted by Crippen LogP contribution is -2.28. The van der Waals surface area contributed by atoms with Gasteiger partial charge in [0.2, 0.25) is 0 Å². The maximum absolute atomic E-state index is 13.2. The number of aryl methyl sites for hydroxylation is 1. The largest absolute Gasteiger partial charge is 0.497 e. The van der Waals surface area contributed by atoms with Crippen molar-refractivity contribution < 1.29 is 23.5 Å². The van der Waals surface area contributed by atoms with Crippen LogP contribution in [0, 0.1) is 19.7 Å². The van der Waals surface area contributed by atoms with Gasteiger partial charge in [-0.2, -0.15) is 0 Å². The lowest BCUT2D eigenvalue weighted by Gasteiger charge is -2.10. The summed E-state index contributed by atoms with van der Waals surface area (Å²) in [5.74, 6) is -0.582. The molecule has 0 saturated carbocycles. The highest BCUT2D eigenvalue weighted by atomic mass is 19.1. The molecule has 0 spiro atoms. The number of hydrogen-bond acceptors (Lipinski definition) is 4. The number of nitrogens with one attached hydrogen (secondary N) is 1. The molecule has 0 aliphatic heterocycles. The number of nitrogens with zero attached hydrogens (tertiary/aromatic N) is 1. The Morgan fingerprint density at radius 3 is 2.33 bits per heavy atom. The van der Waals surface area contributed by atoms with Crippen LogP contribution in [0.5, 0.6) is 5.75 Å². The molecular formula is C23H23FN2O4. The van der Waals surface area contributed by atoms with Gasteiger partial charge in [0.05, 0.1) is 12.7 Å². The van der Waals surface area contributed by atoms with Gasteiger partial charge in [0, 0.05) is 23.6 Å². The first kappa shape index (κ1) is 21.1. The van der Waals surface area contributed by atoms with Crippen LogP contribution < -0.4 is 10.1 Å². The summed E-state index contributed by atoms with van der Waals surface area (Å²) >= 11 is 0. The minimum Gasteiger partial charge on any atom is -0.497 e. The number of amides is 1. The van der Waals surface area contributed by atoms with Gasteiger partial charge in [-0.1, -0.05) is 12.1 Å². The highest BCUT2D eigenvalue weighted by molar-refractivity contribution is 5.93. The number of methoxy groups -OCH3 is 1. The molecule has 0 aliphatic rings. The SMILES string of the molecule is COc1ccc(CNC(=O)COC(=O)c2cc(C)n(-c3ccc(F)cc3)c2C)cc1. The average Bonchev–Trinajstić information content (AvgIpc) is 3.05. The van der Waals surface area contributed by atoms with Crippen LogP contribution in [0.15, 0.2) is 54.6 Å². The van der Waals surface area contributed by atoms with E-state index in [1.165, 1.54) is 12.1 Å². The quantitative estimate of drug-likeness (QED) is 0.603. The molecule has 1 amide bonds. The van der Waals surface area contributed by atoms with Crippen LogP contribution in [-0.2, 0) is 16.1 Å². The fourth-order valence-electron chi connectivity index (χ4n) is 3.16. The summed E-state index contributed by atoms with van der Waals surface area (Å²) in [4.78, 5) is 24.5. The van der Waals surface area contributed by atoms with Crippen molar-refractivity contribution in [1.29, 1.82) is 0 Å². The Balaban J connectivity index is 1.58. The molecule has 156 valence electrons. The predicted octanol–water partition coefficient (Wildman–Crippen LogP) is 3.72. The van der Waals surface area contributed by atoms with Crippen molar-refractivity contribution in [3.63, 3.8) is 0 Å². The molecule has 0 aliphatic carbocycles. The van der Waals surface area contributed by atoms with E-state index in [-0.39, 0.29) is 12.4 Å². The summed E-state index contributed by atoms with van der Waals surface area (Å²) in [5, 5.41) is 2.71. The molecule has 0 fully saturated rings. The maximum Gasteiger partial charge on any atom is 0.340 e. The normalized spacial score (nSPS) is 10.5. The minimum absolute atomic E-state index is 0.319. The van der Waals surface area contributed by atoms with E-state index in [9.17, 15) is 14.0 Å². The summed E-state index contributed by atoms with van der Waals surface area (Å²) in [6.45, 7) is 3.56. The monoisotopic (exact) mass is 410 g/mol. The minimum atomic E-state index is -0.587. The first-order valence-electron chi connectivity index (χ1n) is 9.40. The number of hydrogen-bond donors (Lipinski definition) is 1. The summed E-state index contributed by atoms with van der Waals surface area (Å²) < 4.78 is 25.3. The zero-order valence-corrected chi connectivity index (χ0v) is 17.1. The van der Waals surface area contributed by atoms with E-state index in [0.717, 1.165) is 22.7 Å². The molecule has 3 rings (SSSR count). The average molecular weight is 410 g/mol. The number of halogens is 1. The number of carbonyl (C=O) groups is 2. The van der Waals surface area contributed by atoms with Crippen LogP contribution in [0.3, 0.4) is 0 Å². The van der Waals surface area contributed by atoms with Crippen molar-refractivity contribution in [3.8, 4) is 11.4 Å². The number of aromatic nitrogens is 1. The zero-order valence-electron chi connectivity index (χ0n) is 17.1. The van der Waals surface area contributed by atoms with Gasteiger partial charge in [-0.3, -0.25) is 4.79 Å². The van der Waals surface area contributed by atoms with Crippen LogP contribution >= 0.6 is 0 Å². The first-order valence-corrected chi connectivity index (χ1v) is 9.40. The molecule has 0 saturated heterocycles. The van der Waals surface area contributed by atoms with Crippen molar-refractivity contribution in [2.75, 3.05) is 13.7 Å². The Hall–Kier alpha value is -3.61. The van der Waals surface area contributed by atoms with Crippen molar-refractivity contribution in [2.45, 2.75) is 20.4 Å². The van der Waals surface area contributed by atoms with Gasteiger partial charge in [0.15, 0.2) is 6.61 Å².